The van der Waals surface area contributed by atoms with Crippen LogP contribution in [0.3, 0.4) is 0 Å². The molecule has 0 saturated heterocycles. The van der Waals surface area contributed by atoms with Gasteiger partial charge in [-0.1, -0.05) is 11.6 Å². The van der Waals surface area contributed by atoms with Crippen molar-refractivity contribution in [3.05, 3.63) is 53.3 Å². The number of aliphatic hydroxyl groups excluding tert-OH is 1. The summed E-state index contributed by atoms with van der Waals surface area (Å²) in [5, 5.41) is 10.3. The van der Waals surface area contributed by atoms with Gasteiger partial charge in [0.25, 0.3) is 5.91 Å². The highest BCUT2D eigenvalue weighted by Gasteiger charge is 2.31. The van der Waals surface area contributed by atoms with Crippen molar-refractivity contribution in [1.29, 1.82) is 0 Å². The van der Waals surface area contributed by atoms with Gasteiger partial charge < -0.3 is 14.7 Å². The van der Waals surface area contributed by atoms with Crippen LogP contribution < -0.4 is 4.74 Å². The van der Waals surface area contributed by atoms with Crippen molar-refractivity contribution >= 4 is 17.5 Å². The summed E-state index contributed by atoms with van der Waals surface area (Å²) in [6.07, 6.45) is 4.87. The SMILES string of the molecule is CN(CC(O)C1CC1)C(=O)c1ccc(Oc2ccncc2)c(Cl)c1. The van der Waals surface area contributed by atoms with Crippen LogP contribution in [-0.2, 0) is 0 Å². The minimum atomic E-state index is -0.455. The smallest absolute Gasteiger partial charge is 0.253 e. The molecule has 6 heteroatoms. The van der Waals surface area contributed by atoms with Crippen molar-refractivity contribution in [3.8, 4) is 11.5 Å². The van der Waals surface area contributed by atoms with E-state index in [4.69, 9.17) is 16.3 Å². The first-order chi connectivity index (χ1) is 11.5. The van der Waals surface area contributed by atoms with Crippen molar-refractivity contribution in [1.82, 2.24) is 9.88 Å². The Bertz CT molecular complexity index is 719. The maximum absolute atomic E-state index is 12.5. The highest BCUT2D eigenvalue weighted by Crippen LogP contribution is 2.33. The van der Waals surface area contributed by atoms with Crippen LogP contribution in [0.25, 0.3) is 0 Å². The Hall–Kier alpha value is -2.11. The van der Waals surface area contributed by atoms with Crippen LogP contribution >= 0.6 is 11.6 Å². The molecule has 5 nitrogen and oxygen atoms in total. The van der Waals surface area contributed by atoms with Gasteiger partial charge in [-0.15, -0.1) is 0 Å². The molecule has 1 heterocycles. The second-order valence-electron chi connectivity index (χ2n) is 6.02. The van der Waals surface area contributed by atoms with Gasteiger partial charge in [-0.05, 0) is 49.1 Å². The summed E-state index contributed by atoms with van der Waals surface area (Å²) in [6.45, 7) is 0.330. The highest BCUT2D eigenvalue weighted by atomic mass is 35.5. The fourth-order valence-corrected chi connectivity index (χ4v) is 2.68. The Balaban J connectivity index is 1.68. The number of halogens is 1. The third-order valence-electron chi connectivity index (χ3n) is 4.03. The normalized spacial score (nSPS) is 15.0. The zero-order chi connectivity index (χ0) is 17.1. The van der Waals surface area contributed by atoms with E-state index in [0.29, 0.717) is 34.5 Å². The number of carbonyl (C=O) groups excluding carboxylic acids is 1. The Morgan fingerprint density at radius 2 is 2.08 bits per heavy atom. The predicted molar refractivity (Wildman–Crippen MR) is 91.5 cm³/mol. The average Bonchev–Trinajstić information content (AvgIpc) is 3.42. The van der Waals surface area contributed by atoms with Gasteiger partial charge in [0.2, 0.25) is 0 Å². The van der Waals surface area contributed by atoms with Crippen LogP contribution in [0.15, 0.2) is 42.7 Å². The molecular weight excluding hydrogens is 328 g/mol. The lowest BCUT2D eigenvalue weighted by atomic mass is 10.1. The molecule has 1 aromatic heterocycles. The van der Waals surface area contributed by atoms with Crippen LogP contribution in [0.4, 0.5) is 0 Å². The Labute approximate surface area is 145 Å². The minimum Gasteiger partial charge on any atom is -0.456 e. The average molecular weight is 347 g/mol. The Kier molecular flexibility index (Phi) is 5.02. The first-order valence-electron chi connectivity index (χ1n) is 7.85. The summed E-state index contributed by atoms with van der Waals surface area (Å²) in [4.78, 5) is 17.9. The van der Waals surface area contributed by atoms with E-state index in [0.717, 1.165) is 12.8 Å². The molecule has 1 aliphatic rings. The summed E-state index contributed by atoms with van der Waals surface area (Å²) in [7, 11) is 1.68. The molecule has 24 heavy (non-hydrogen) atoms. The largest absolute Gasteiger partial charge is 0.456 e. The molecule has 1 aliphatic carbocycles. The summed E-state index contributed by atoms with van der Waals surface area (Å²) in [6, 6.07) is 8.37. The van der Waals surface area contributed by atoms with E-state index in [9.17, 15) is 9.90 Å². The molecule has 1 aromatic carbocycles. The van der Waals surface area contributed by atoms with E-state index in [2.05, 4.69) is 4.98 Å². The molecule has 2 aromatic rings. The molecule has 0 spiro atoms. The molecule has 1 fully saturated rings. The maximum Gasteiger partial charge on any atom is 0.253 e. The number of benzene rings is 1. The summed E-state index contributed by atoms with van der Waals surface area (Å²) < 4.78 is 5.67. The van der Waals surface area contributed by atoms with E-state index in [1.54, 1.807) is 49.8 Å². The van der Waals surface area contributed by atoms with E-state index in [-0.39, 0.29) is 5.91 Å². The van der Waals surface area contributed by atoms with E-state index in [1.165, 1.54) is 4.90 Å². The van der Waals surface area contributed by atoms with Crippen molar-refractivity contribution in [2.75, 3.05) is 13.6 Å². The van der Waals surface area contributed by atoms with Crippen molar-refractivity contribution in [2.24, 2.45) is 5.92 Å². The number of rotatable bonds is 6. The monoisotopic (exact) mass is 346 g/mol. The van der Waals surface area contributed by atoms with Gasteiger partial charge in [0.15, 0.2) is 0 Å². The number of likely N-dealkylation sites (N-methyl/N-ethyl adjacent to an activating group) is 1. The number of aromatic nitrogens is 1. The van der Waals surface area contributed by atoms with Gasteiger partial charge in [-0.2, -0.15) is 0 Å². The number of hydrogen-bond donors (Lipinski definition) is 1. The van der Waals surface area contributed by atoms with Crippen LogP contribution in [0, 0.1) is 5.92 Å². The molecular formula is C18H19ClN2O3. The maximum atomic E-state index is 12.5. The molecule has 0 bridgehead atoms. The molecule has 1 unspecified atom stereocenters. The van der Waals surface area contributed by atoms with Gasteiger partial charge in [0.05, 0.1) is 11.1 Å². The molecule has 0 aliphatic heterocycles. The van der Waals surface area contributed by atoms with Gasteiger partial charge in [0.1, 0.15) is 11.5 Å². The fraction of sp³-hybridized carbons (Fsp3) is 0.333. The van der Waals surface area contributed by atoms with Crippen molar-refractivity contribution in [3.63, 3.8) is 0 Å². The fourth-order valence-electron chi connectivity index (χ4n) is 2.46. The van der Waals surface area contributed by atoms with Gasteiger partial charge in [0, 0.05) is 31.5 Å². The van der Waals surface area contributed by atoms with Crippen molar-refractivity contribution in [2.45, 2.75) is 18.9 Å². The lowest BCUT2D eigenvalue weighted by molar-refractivity contribution is 0.0645. The standard InChI is InChI=1S/C18H19ClN2O3/c1-21(11-16(22)12-2-3-12)18(23)13-4-5-17(15(19)10-13)24-14-6-8-20-9-7-14/h4-10,12,16,22H,2-3,11H2,1H3. The summed E-state index contributed by atoms with van der Waals surface area (Å²) in [5.74, 6) is 1.25. The molecule has 126 valence electrons. The first-order valence-corrected chi connectivity index (χ1v) is 8.23. The molecule has 1 amide bonds. The number of carbonyl (C=O) groups is 1. The number of nitrogens with zero attached hydrogens (tertiary/aromatic N) is 2. The van der Waals surface area contributed by atoms with Gasteiger partial charge >= 0.3 is 0 Å². The number of hydrogen-bond acceptors (Lipinski definition) is 4. The third-order valence-corrected chi connectivity index (χ3v) is 4.33. The number of pyridine rings is 1. The van der Waals surface area contributed by atoms with Gasteiger partial charge in [-0.25, -0.2) is 0 Å². The molecule has 1 N–H and O–H groups in total. The lowest BCUT2D eigenvalue weighted by Gasteiger charge is -2.21. The second-order valence-corrected chi connectivity index (χ2v) is 6.43. The topological polar surface area (TPSA) is 62.7 Å². The van der Waals surface area contributed by atoms with E-state index >= 15 is 0 Å². The van der Waals surface area contributed by atoms with Crippen LogP contribution in [0.5, 0.6) is 11.5 Å². The summed E-state index contributed by atoms with van der Waals surface area (Å²) >= 11 is 6.23. The summed E-state index contributed by atoms with van der Waals surface area (Å²) in [5.41, 5.74) is 0.465. The Morgan fingerprint density at radius 3 is 2.71 bits per heavy atom. The predicted octanol–water partition coefficient (Wildman–Crippen LogP) is 3.37. The van der Waals surface area contributed by atoms with Crippen LogP contribution in [-0.4, -0.2) is 40.6 Å². The molecule has 0 radical (unpaired) electrons. The molecule has 1 saturated carbocycles. The quantitative estimate of drug-likeness (QED) is 0.871. The van der Waals surface area contributed by atoms with E-state index < -0.39 is 6.10 Å². The number of aliphatic hydroxyl groups is 1. The zero-order valence-corrected chi connectivity index (χ0v) is 14.1. The first kappa shape index (κ1) is 16.7. The van der Waals surface area contributed by atoms with Crippen LogP contribution in [0.1, 0.15) is 23.2 Å². The molecule has 3 rings (SSSR count). The van der Waals surface area contributed by atoms with E-state index in [1.807, 2.05) is 0 Å². The number of ether oxygens (including phenoxy) is 1. The van der Waals surface area contributed by atoms with Gasteiger partial charge in [-0.3, -0.25) is 9.78 Å². The number of amides is 1. The van der Waals surface area contributed by atoms with Crippen LogP contribution in [0.2, 0.25) is 5.02 Å². The lowest BCUT2D eigenvalue weighted by Crippen LogP contribution is -2.35. The Morgan fingerprint density at radius 1 is 1.38 bits per heavy atom. The second kappa shape index (κ2) is 7.20. The minimum absolute atomic E-state index is 0.174. The van der Waals surface area contributed by atoms with Crippen molar-refractivity contribution < 1.29 is 14.6 Å². The zero-order valence-electron chi connectivity index (χ0n) is 13.4. The highest BCUT2D eigenvalue weighted by molar-refractivity contribution is 6.32. The molecule has 1 atom stereocenters. The third kappa shape index (κ3) is 4.04.